The van der Waals surface area contributed by atoms with Gasteiger partial charge in [0.2, 0.25) is 0 Å². The molecule has 0 unspecified atom stereocenters. The highest BCUT2D eigenvalue weighted by atomic mass is 16.1. The van der Waals surface area contributed by atoms with Crippen LogP contribution in [-0.2, 0) is 6.42 Å². The lowest BCUT2D eigenvalue weighted by Gasteiger charge is -2.08. The first-order chi connectivity index (χ1) is 8.68. The van der Waals surface area contributed by atoms with Crippen LogP contribution >= 0.6 is 0 Å². The monoisotopic (exact) mass is 244 g/mol. The van der Waals surface area contributed by atoms with Gasteiger partial charge >= 0.3 is 0 Å². The van der Waals surface area contributed by atoms with Crippen LogP contribution in [0.3, 0.4) is 0 Å². The van der Waals surface area contributed by atoms with Crippen LogP contribution in [0.1, 0.15) is 11.1 Å². The van der Waals surface area contributed by atoms with E-state index >= 15 is 0 Å². The summed E-state index contributed by atoms with van der Waals surface area (Å²) in [7, 11) is 0. The number of benzene rings is 1. The molecule has 0 spiro atoms. The van der Waals surface area contributed by atoms with Gasteiger partial charge in [0.05, 0.1) is 6.33 Å². The number of rotatable bonds is 4. The third kappa shape index (κ3) is 2.68. The number of hydrogen-bond donors (Lipinski definition) is 3. The number of nitrogens with one attached hydrogen (secondary N) is 2. The molecule has 2 aromatic rings. The molecule has 5 heteroatoms. The molecule has 0 saturated carbocycles. The van der Waals surface area contributed by atoms with Crippen molar-refractivity contribution in [1.82, 2.24) is 9.97 Å². The summed E-state index contributed by atoms with van der Waals surface area (Å²) in [6, 6.07) is 8.20. The van der Waals surface area contributed by atoms with Crippen LogP contribution < -0.4 is 16.6 Å². The lowest BCUT2D eigenvalue weighted by Crippen LogP contribution is -2.17. The molecule has 1 aromatic heterocycles. The third-order valence-corrected chi connectivity index (χ3v) is 2.84. The summed E-state index contributed by atoms with van der Waals surface area (Å²) < 4.78 is 0. The highest BCUT2D eigenvalue weighted by Crippen LogP contribution is 2.10. The number of nitrogens with two attached hydrogens (primary N) is 1. The van der Waals surface area contributed by atoms with E-state index in [9.17, 15) is 4.79 Å². The number of nitrogens with zero attached hydrogens (tertiary/aromatic N) is 1. The van der Waals surface area contributed by atoms with Gasteiger partial charge in [-0.3, -0.25) is 4.79 Å². The quantitative estimate of drug-likeness (QED) is 0.757. The van der Waals surface area contributed by atoms with Gasteiger partial charge in [0, 0.05) is 6.54 Å². The first kappa shape index (κ1) is 12.2. The van der Waals surface area contributed by atoms with Gasteiger partial charge in [-0.25, -0.2) is 4.98 Å². The van der Waals surface area contributed by atoms with Crippen molar-refractivity contribution >= 4 is 11.5 Å². The molecular weight excluding hydrogens is 228 g/mol. The zero-order valence-electron chi connectivity index (χ0n) is 10.2. The maximum atomic E-state index is 11.3. The molecule has 18 heavy (non-hydrogen) atoms. The minimum Gasteiger partial charge on any atom is -0.391 e. The van der Waals surface area contributed by atoms with Crippen LogP contribution in [-0.4, -0.2) is 16.5 Å². The second kappa shape index (κ2) is 5.35. The molecular formula is C13H16N4O. The molecule has 2 rings (SSSR count). The summed E-state index contributed by atoms with van der Waals surface area (Å²) in [6.07, 6.45) is 2.20. The van der Waals surface area contributed by atoms with Crippen molar-refractivity contribution in [1.29, 1.82) is 0 Å². The Bertz CT molecular complexity index is 592. The van der Waals surface area contributed by atoms with E-state index in [1.807, 2.05) is 12.1 Å². The van der Waals surface area contributed by atoms with E-state index in [1.54, 1.807) is 0 Å². The van der Waals surface area contributed by atoms with E-state index in [1.165, 1.54) is 17.5 Å². The standard InChI is InChI=1S/C13H16N4O/c1-9-4-2-3-5-10(9)6-7-15-12-11(14)13(18)17-8-16-12/h2-5,8H,6-7,14H2,1H3,(H2,15,16,17,18). The molecule has 0 radical (unpaired) electrons. The van der Waals surface area contributed by atoms with Gasteiger partial charge in [-0.05, 0) is 24.5 Å². The molecule has 1 aromatic carbocycles. The number of anilines is 2. The lowest BCUT2D eigenvalue weighted by molar-refractivity contribution is 0.985. The second-order valence-corrected chi connectivity index (χ2v) is 4.10. The van der Waals surface area contributed by atoms with E-state index in [4.69, 9.17) is 5.73 Å². The third-order valence-electron chi connectivity index (χ3n) is 2.84. The van der Waals surface area contributed by atoms with E-state index < -0.39 is 0 Å². The van der Waals surface area contributed by atoms with Crippen LogP contribution in [0.2, 0.25) is 0 Å². The van der Waals surface area contributed by atoms with Crippen molar-refractivity contribution in [2.75, 3.05) is 17.6 Å². The highest BCUT2D eigenvalue weighted by molar-refractivity contribution is 5.58. The van der Waals surface area contributed by atoms with Crippen LogP contribution in [0.5, 0.6) is 0 Å². The minimum absolute atomic E-state index is 0.127. The van der Waals surface area contributed by atoms with Gasteiger partial charge in [-0.2, -0.15) is 0 Å². The van der Waals surface area contributed by atoms with Gasteiger partial charge in [0.25, 0.3) is 5.56 Å². The predicted octanol–water partition coefficient (Wildman–Crippen LogP) is 1.32. The summed E-state index contributed by atoms with van der Waals surface area (Å²) in [5.41, 5.74) is 7.96. The molecule has 0 saturated heterocycles. The van der Waals surface area contributed by atoms with Crippen molar-refractivity contribution < 1.29 is 0 Å². The normalized spacial score (nSPS) is 10.3. The van der Waals surface area contributed by atoms with Crippen molar-refractivity contribution in [3.8, 4) is 0 Å². The molecule has 0 bridgehead atoms. The van der Waals surface area contributed by atoms with E-state index in [-0.39, 0.29) is 11.2 Å². The van der Waals surface area contributed by atoms with Crippen molar-refractivity contribution in [3.63, 3.8) is 0 Å². The summed E-state index contributed by atoms with van der Waals surface area (Å²) in [6.45, 7) is 2.76. The van der Waals surface area contributed by atoms with Crippen molar-refractivity contribution in [2.24, 2.45) is 0 Å². The fraction of sp³-hybridized carbons (Fsp3) is 0.231. The summed E-state index contributed by atoms with van der Waals surface area (Å²) >= 11 is 0. The number of aromatic amines is 1. The number of aromatic nitrogens is 2. The Kier molecular flexibility index (Phi) is 3.62. The Morgan fingerprint density at radius 1 is 1.39 bits per heavy atom. The minimum atomic E-state index is -0.316. The molecule has 1 heterocycles. The fourth-order valence-electron chi connectivity index (χ4n) is 1.76. The van der Waals surface area contributed by atoms with Gasteiger partial charge in [-0.1, -0.05) is 24.3 Å². The van der Waals surface area contributed by atoms with Crippen molar-refractivity contribution in [2.45, 2.75) is 13.3 Å². The summed E-state index contributed by atoms with van der Waals surface area (Å²) in [5.74, 6) is 0.437. The fourth-order valence-corrected chi connectivity index (χ4v) is 1.76. The molecule has 0 aliphatic heterocycles. The molecule has 0 atom stereocenters. The Labute approximate surface area is 105 Å². The van der Waals surface area contributed by atoms with E-state index in [2.05, 4.69) is 34.3 Å². The van der Waals surface area contributed by atoms with Crippen LogP contribution in [0.15, 0.2) is 35.4 Å². The number of hydrogen-bond acceptors (Lipinski definition) is 4. The Hall–Kier alpha value is -2.30. The zero-order valence-corrected chi connectivity index (χ0v) is 10.2. The van der Waals surface area contributed by atoms with Gasteiger partial charge < -0.3 is 16.0 Å². The zero-order chi connectivity index (χ0) is 13.0. The number of nitrogen functional groups attached to an aromatic ring is 1. The Balaban J connectivity index is 1.99. The topological polar surface area (TPSA) is 83.8 Å². The largest absolute Gasteiger partial charge is 0.391 e. The summed E-state index contributed by atoms with van der Waals surface area (Å²) in [5, 5.41) is 3.07. The average Bonchev–Trinajstić information content (AvgIpc) is 2.37. The molecule has 0 amide bonds. The van der Waals surface area contributed by atoms with Gasteiger partial charge in [0.15, 0.2) is 5.82 Å². The molecule has 5 nitrogen and oxygen atoms in total. The van der Waals surface area contributed by atoms with Gasteiger partial charge in [0.1, 0.15) is 5.69 Å². The molecule has 0 aliphatic rings. The van der Waals surface area contributed by atoms with Crippen molar-refractivity contribution in [3.05, 3.63) is 52.1 Å². The first-order valence-electron chi connectivity index (χ1n) is 5.80. The van der Waals surface area contributed by atoms with Gasteiger partial charge in [-0.15, -0.1) is 0 Å². The smallest absolute Gasteiger partial charge is 0.276 e. The molecule has 94 valence electrons. The SMILES string of the molecule is Cc1ccccc1CCNc1nc[nH]c(=O)c1N. The maximum absolute atomic E-state index is 11.3. The molecule has 4 N–H and O–H groups in total. The number of H-pyrrole nitrogens is 1. The molecule has 0 aliphatic carbocycles. The van der Waals surface area contributed by atoms with E-state index in [0.29, 0.717) is 12.4 Å². The predicted molar refractivity (Wildman–Crippen MR) is 72.6 cm³/mol. The lowest BCUT2D eigenvalue weighted by atomic mass is 10.1. The molecule has 0 fully saturated rings. The Morgan fingerprint density at radius 2 is 2.17 bits per heavy atom. The summed E-state index contributed by atoms with van der Waals surface area (Å²) in [4.78, 5) is 17.7. The van der Waals surface area contributed by atoms with E-state index in [0.717, 1.165) is 6.42 Å². The number of aryl methyl sites for hydroxylation is 1. The average molecular weight is 244 g/mol. The van der Waals surface area contributed by atoms with Crippen LogP contribution in [0.4, 0.5) is 11.5 Å². The maximum Gasteiger partial charge on any atom is 0.276 e. The Morgan fingerprint density at radius 3 is 2.94 bits per heavy atom. The van der Waals surface area contributed by atoms with Crippen LogP contribution in [0.25, 0.3) is 0 Å². The van der Waals surface area contributed by atoms with Crippen LogP contribution in [0, 0.1) is 6.92 Å². The second-order valence-electron chi connectivity index (χ2n) is 4.10. The first-order valence-corrected chi connectivity index (χ1v) is 5.80. The highest BCUT2D eigenvalue weighted by Gasteiger charge is 2.03.